The highest BCUT2D eigenvalue weighted by Crippen LogP contribution is 2.28. The molecule has 2 N–H and O–H groups in total. The van der Waals surface area contributed by atoms with Crippen molar-refractivity contribution in [3.8, 4) is 0 Å². The van der Waals surface area contributed by atoms with E-state index in [2.05, 4.69) is 55.7 Å². The summed E-state index contributed by atoms with van der Waals surface area (Å²) < 4.78 is 2.30. The summed E-state index contributed by atoms with van der Waals surface area (Å²) in [4.78, 5) is 4.82. The fraction of sp³-hybridized carbons (Fsp3) is 0.278. The Morgan fingerprint density at radius 1 is 1.05 bits per heavy atom. The molecular formula is C18H21N3. The summed E-state index contributed by atoms with van der Waals surface area (Å²) in [6, 6.07) is 16.4. The summed E-state index contributed by atoms with van der Waals surface area (Å²) in [5.41, 5.74) is 10.0. The first-order valence-electron chi connectivity index (χ1n) is 7.25. The van der Waals surface area contributed by atoms with E-state index in [-0.39, 0.29) is 5.41 Å². The Labute approximate surface area is 125 Å². The molecule has 0 aliphatic carbocycles. The number of nitrogens with two attached hydrogens (primary N) is 1. The molecule has 1 aromatic heterocycles. The molecule has 3 rings (SSSR count). The molecule has 3 nitrogen and oxygen atoms in total. The third kappa shape index (κ3) is 2.64. The third-order valence-corrected chi connectivity index (χ3v) is 3.63. The molecule has 0 radical (unpaired) electrons. The van der Waals surface area contributed by atoms with Gasteiger partial charge in [-0.1, -0.05) is 51.1 Å². The van der Waals surface area contributed by atoms with Crippen molar-refractivity contribution >= 4 is 16.7 Å². The van der Waals surface area contributed by atoms with Gasteiger partial charge in [-0.05, 0) is 23.8 Å². The van der Waals surface area contributed by atoms with Crippen molar-refractivity contribution in [3.05, 3.63) is 59.9 Å². The SMILES string of the molecule is CC(C)(C)c1nc2cc(N)ccc2n1Cc1ccccc1. The molecule has 3 heteroatoms. The van der Waals surface area contributed by atoms with Crippen LogP contribution in [0.3, 0.4) is 0 Å². The topological polar surface area (TPSA) is 43.8 Å². The van der Waals surface area contributed by atoms with Crippen molar-refractivity contribution in [1.82, 2.24) is 9.55 Å². The normalized spacial score (nSPS) is 12.0. The van der Waals surface area contributed by atoms with E-state index in [9.17, 15) is 0 Å². The molecule has 0 unspecified atom stereocenters. The lowest BCUT2D eigenvalue weighted by Crippen LogP contribution is -2.19. The maximum Gasteiger partial charge on any atom is 0.115 e. The van der Waals surface area contributed by atoms with Crippen LogP contribution in [0.2, 0.25) is 0 Å². The van der Waals surface area contributed by atoms with Crippen LogP contribution >= 0.6 is 0 Å². The highest BCUT2D eigenvalue weighted by atomic mass is 15.1. The number of nitrogen functional groups attached to an aromatic ring is 1. The van der Waals surface area contributed by atoms with E-state index >= 15 is 0 Å². The van der Waals surface area contributed by atoms with E-state index in [0.717, 1.165) is 29.1 Å². The molecule has 21 heavy (non-hydrogen) atoms. The second-order valence-corrected chi connectivity index (χ2v) is 6.51. The summed E-state index contributed by atoms with van der Waals surface area (Å²) in [6.45, 7) is 7.41. The van der Waals surface area contributed by atoms with E-state index in [0.29, 0.717) is 0 Å². The predicted molar refractivity (Wildman–Crippen MR) is 88.4 cm³/mol. The third-order valence-electron chi connectivity index (χ3n) is 3.63. The van der Waals surface area contributed by atoms with E-state index in [1.165, 1.54) is 5.56 Å². The molecule has 0 bridgehead atoms. The minimum Gasteiger partial charge on any atom is -0.399 e. The Morgan fingerprint density at radius 3 is 2.43 bits per heavy atom. The second kappa shape index (κ2) is 4.92. The Kier molecular flexibility index (Phi) is 3.20. The number of benzene rings is 2. The molecule has 1 heterocycles. The second-order valence-electron chi connectivity index (χ2n) is 6.51. The zero-order valence-electron chi connectivity index (χ0n) is 12.8. The first-order chi connectivity index (χ1) is 9.95. The monoisotopic (exact) mass is 279 g/mol. The van der Waals surface area contributed by atoms with Crippen LogP contribution in [-0.2, 0) is 12.0 Å². The first kappa shape index (κ1) is 13.7. The lowest BCUT2D eigenvalue weighted by molar-refractivity contribution is 0.516. The van der Waals surface area contributed by atoms with Crippen LogP contribution in [0, 0.1) is 0 Å². The van der Waals surface area contributed by atoms with Crippen LogP contribution in [0.25, 0.3) is 11.0 Å². The minimum atomic E-state index is -0.0113. The van der Waals surface area contributed by atoms with Gasteiger partial charge in [0.2, 0.25) is 0 Å². The van der Waals surface area contributed by atoms with Crippen LogP contribution in [0.1, 0.15) is 32.2 Å². The van der Waals surface area contributed by atoms with Gasteiger partial charge in [0.25, 0.3) is 0 Å². The number of imidazole rings is 1. The quantitative estimate of drug-likeness (QED) is 0.721. The van der Waals surface area contributed by atoms with Gasteiger partial charge in [0, 0.05) is 17.6 Å². The molecule has 0 aliphatic heterocycles. The van der Waals surface area contributed by atoms with Gasteiger partial charge in [-0.3, -0.25) is 0 Å². The van der Waals surface area contributed by atoms with Crippen LogP contribution in [-0.4, -0.2) is 9.55 Å². The molecule has 2 aromatic carbocycles. The van der Waals surface area contributed by atoms with Crippen molar-refractivity contribution in [2.24, 2.45) is 0 Å². The zero-order valence-corrected chi connectivity index (χ0v) is 12.8. The standard InChI is InChI=1S/C18H21N3/c1-18(2,3)17-20-15-11-14(19)9-10-16(15)21(17)12-13-7-5-4-6-8-13/h4-11H,12,19H2,1-3H3. The van der Waals surface area contributed by atoms with Gasteiger partial charge in [0.1, 0.15) is 5.82 Å². The molecular weight excluding hydrogens is 258 g/mol. The minimum absolute atomic E-state index is 0.0113. The van der Waals surface area contributed by atoms with Gasteiger partial charge in [-0.25, -0.2) is 4.98 Å². The number of hydrogen-bond acceptors (Lipinski definition) is 2. The van der Waals surface area contributed by atoms with E-state index in [1.807, 2.05) is 18.2 Å². The Hall–Kier alpha value is -2.29. The fourth-order valence-electron chi connectivity index (χ4n) is 2.65. The maximum absolute atomic E-state index is 5.90. The molecule has 0 aliphatic rings. The van der Waals surface area contributed by atoms with Crippen molar-refractivity contribution in [2.75, 3.05) is 5.73 Å². The van der Waals surface area contributed by atoms with Crippen molar-refractivity contribution in [1.29, 1.82) is 0 Å². The number of nitrogens with zero attached hydrogens (tertiary/aromatic N) is 2. The number of hydrogen-bond donors (Lipinski definition) is 1. The molecule has 0 saturated heterocycles. The van der Waals surface area contributed by atoms with E-state index in [4.69, 9.17) is 10.7 Å². The molecule has 0 amide bonds. The molecule has 0 spiro atoms. The van der Waals surface area contributed by atoms with Gasteiger partial charge < -0.3 is 10.3 Å². The molecule has 0 saturated carbocycles. The molecule has 0 atom stereocenters. The van der Waals surface area contributed by atoms with Crippen LogP contribution in [0.4, 0.5) is 5.69 Å². The number of anilines is 1. The van der Waals surface area contributed by atoms with E-state index < -0.39 is 0 Å². The number of rotatable bonds is 2. The van der Waals surface area contributed by atoms with Gasteiger partial charge >= 0.3 is 0 Å². The number of fused-ring (bicyclic) bond motifs is 1. The van der Waals surface area contributed by atoms with Crippen molar-refractivity contribution in [3.63, 3.8) is 0 Å². The zero-order chi connectivity index (χ0) is 15.0. The lowest BCUT2D eigenvalue weighted by Gasteiger charge is -2.20. The summed E-state index contributed by atoms with van der Waals surface area (Å²) in [5.74, 6) is 1.09. The average molecular weight is 279 g/mol. The van der Waals surface area contributed by atoms with Crippen LogP contribution in [0.5, 0.6) is 0 Å². The first-order valence-corrected chi connectivity index (χ1v) is 7.25. The smallest absolute Gasteiger partial charge is 0.115 e. The highest BCUT2D eigenvalue weighted by molar-refractivity contribution is 5.80. The maximum atomic E-state index is 5.90. The lowest BCUT2D eigenvalue weighted by atomic mass is 9.95. The summed E-state index contributed by atoms with van der Waals surface area (Å²) in [7, 11) is 0. The molecule has 3 aromatic rings. The van der Waals surface area contributed by atoms with Gasteiger partial charge in [-0.15, -0.1) is 0 Å². The Balaban J connectivity index is 2.18. The molecule has 0 fully saturated rings. The summed E-state index contributed by atoms with van der Waals surface area (Å²) in [5, 5.41) is 0. The van der Waals surface area contributed by atoms with E-state index in [1.54, 1.807) is 0 Å². The summed E-state index contributed by atoms with van der Waals surface area (Å²) >= 11 is 0. The molecule has 108 valence electrons. The Bertz CT molecular complexity index is 764. The Morgan fingerprint density at radius 2 is 1.76 bits per heavy atom. The van der Waals surface area contributed by atoms with Crippen molar-refractivity contribution < 1.29 is 0 Å². The number of aromatic nitrogens is 2. The van der Waals surface area contributed by atoms with Gasteiger partial charge in [-0.2, -0.15) is 0 Å². The van der Waals surface area contributed by atoms with Crippen LogP contribution in [0.15, 0.2) is 48.5 Å². The fourth-order valence-corrected chi connectivity index (χ4v) is 2.65. The summed E-state index contributed by atoms with van der Waals surface area (Å²) in [6.07, 6.45) is 0. The van der Waals surface area contributed by atoms with Crippen LogP contribution < -0.4 is 5.73 Å². The van der Waals surface area contributed by atoms with Gasteiger partial charge in [0.15, 0.2) is 0 Å². The highest BCUT2D eigenvalue weighted by Gasteiger charge is 2.22. The van der Waals surface area contributed by atoms with Crippen molar-refractivity contribution in [2.45, 2.75) is 32.7 Å². The van der Waals surface area contributed by atoms with Gasteiger partial charge in [0.05, 0.1) is 11.0 Å². The largest absolute Gasteiger partial charge is 0.399 e. The predicted octanol–water partition coefficient (Wildman–Crippen LogP) is 3.96. The average Bonchev–Trinajstić information content (AvgIpc) is 2.78.